The highest BCUT2D eigenvalue weighted by atomic mass is 35.5. The molecular weight excluding hydrogens is 520 g/mol. The average Bonchev–Trinajstić information content (AvgIpc) is 3.07. The Labute approximate surface area is 224 Å². The third kappa shape index (κ3) is 7.74. The first-order valence-corrected chi connectivity index (χ1v) is 12.7. The van der Waals surface area contributed by atoms with Gasteiger partial charge in [0.1, 0.15) is 6.54 Å². The quantitative estimate of drug-likeness (QED) is 0.325. The van der Waals surface area contributed by atoms with Gasteiger partial charge in [0.05, 0.1) is 22.6 Å². The highest BCUT2D eigenvalue weighted by molar-refractivity contribution is 8.18. The Morgan fingerprint density at radius 3 is 2.49 bits per heavy atom. The highest BCUT2D eigenvalue weighted by Crippen LogP contribution is 2.39. The minimum Gasteiger partial charge on any atom is -0.490 e. The summed E-state index contributed by atoms with van der Waals surface area (Å²) in [7, 11) is 0. The normalized spacial score (nSPS) is 14.3. The van der Waals surface area contributed by atoms with Crippen molar-refractivity contribution in [2.45, 2.75) is 33.8 Å². The Morgan fingerprint density at radius 1 is 1.14 bits per heavy atom. The summed E-state index contributed by atoms with van der Waals surface area (Å²) in [4.78, 5) is 50.2. The van der Waals surface area contributed by atoms with E-state index >= 15 is 0 Å². The van der Waals surface area contributed by atoms with E-state index in [4.69, 9.17) is 25.8 Å². The summed E-state index contributed by atoms with van der Waals surface area (Å²) >= 11 is 7.14. The Kier molecular flexibility index (Phi) is 9.60. The molecule has 3 amide bonds. The van der Waals surface area contributed by atoms with E-state index in [-0.39, 0.29) is 40.0 Å². The van der Waals surface area contributed by atoms with Crippen LogP contribution >= 0.6 is 23.4 Å². The summed E-state index contributed by atoms with van der Waals surface area (Å²) in [6.45, 7) is 6.59. The number of nitrogens with zero attached hydrogens (tertiary/aromatic N) is 1. The largest absolute Gasteiger partial charge is 0.490 e. The van der Waals surface area contributed by atoms with E-state index in [0.29, 0.717) is 29.6 Å². The van der Waals surface area contributed by atoms with Crippen molar-refractivity contribution < 1.29 is 33.4 Å². The molecule has 2 aromatic rings. The molecule has 0 radical (unpaired) electrons. The zero-order valence-electron chi connectivity index (χ0n) is 20.8. The van der Waals surface area contributed by atoms with Gasteiger partial charge in [-0.3, -0.25) is 24.1 Å². The number of ether oxygens (including phenoxy) is 3. The molecule has 0 aliphatic carbocycles. The summed E-state index contributed by atoms with van der Waals surface area (Å²) < 4.78 is 16.3. The van der Waals surface area contributed by atoms with Gasteiger partial charge in [-0.15, -0.1) is 0 Å². The minimum atomic E-state index is -0.673. The second-order valence-corrected chi connectivity index (χ2v) is 9.67. The van der Waals surface area contributed by atoms with Crippen molar-refractivity contribution in [1.29, 1.82) is 0 Å². The van der Waals surface area contributed by atoms with Gasteiger partial charge in [-0.2, -0.15) is 0 Å². The maximum Gasteiger partial charge on any atom is 0.326 e. The maximum atomic E-state index is 12.7. The monoisotopic (exact) mass is 546 g/mol. The second kappa shape index (κ2) is 12.6. The van der Waals surface area contributed by atoms with Gasteiger partial charge in [0, 0.05) is 5.69 Å². The van der Waals surface area contributed by atoms with E-state index in [9.17, 15) is 19.2 Å². The van der Waals surface area contributed by atoms with Crippen LogP contribution in [0.2, 0.25) is 5.02 Å². The predicted octanol–water partition coefficient (Wildman–Crippen LogP) is 5.05. The van der Waals surface area contributed by atoms with Crippen LogP contribution in [0.15, 0.2) is 41.3 Å². The van der Waals surface area contributed by atoms with Gasteiger partial charge in [0.15, 0.2) is 18.1 Å². The fraction of sp³-hybridized carbons (Fsp3) is 0.308. The number of aryl methyl sites for hydroxylation is 1. The first kappa shape index (κ1) is 28.1. The molecule has 1 heterocycles. The lowest BCUT2D eigenvalue weighted by Gasteiger charge is -2.15. The van der Waals surface area contributed by atoms with Crippen molar-refractivity contribution in [3.8, 4) is 11.5 Å². The van der Waals surface area contributed by atoms with Gasteiger partial charge in [-0.05, 0) is 75.4 Å². The van der Waals surface area contributed by atoms with Gasteiger partial charge in [0.25, 0.3) is 17.1 Å². The summed E-state index contributed by atoms with van der Waals surface area (Å²) in [6.07, 6.45) is 1.11. The van der Waals surface area contributed by atoms with Crippen LogP contribution in [0.25, 0.3) is 6.08 Å². The van der Waals surface area contributed by atoms with Crippen molar-refractivity contribution in [3.63, 3.8) is 0 Å². The van der Waals surface area contributed by atoms with E-state index in [0.717, 1.165) is 10.5 Å². The summed E-state index contributed by atoms with van der Waals surface area (Å²) in [5, 5.41) is 2.32. The third-order valence-electron chi connectivity index (χ3n) is 4.84. The van der Waals surface area contributed by atoms with Crippen molar-refractivity contribution in [2.75, 3.05) is 25.1 Å². The molecule has 37 heavy (non-hydrogen) atoms. The zero-order valence-corrected chi connectivity index (χ0v) is 22.4. The molecule has 0 unspecified atom stereocenters. The van der Waals surface area contributed by atoms with Gasteiger partial charge < -0.3 is 19.5 Å². The molecular formula is C26H27ClN2O7S. The fourth-order valence-electron chi connectivity index (χ4n) is 3.26. The number of imide groups is 1. The molecule has 1 N–H and O–H groups in total. The first-order chi connectivity index (χ1) is 17.6. The lowest BCUT2D eigenvalue weighted by atomic mass is 10.1. The van der Waals surface area contributed by atoms with Crippen molar-refractivity contribution >= 4 is 58.1 Å². The maximum absolute atomic E-state index is 12.7. The molecule has 1 aliphatic heterocycles. The number of hydrogen-bond donors (Lipinski definition) is 1. The number of hydrogen-bond acceptors (Lipinski definition) is 8. The number of rotatable bonds is 10. The van der Waals surface area contributed by atoms with E-state index in [1.54, 1.807) is 39.0 Å². The Bertz CT molecular complexity index is 1230. The van der Waals surface area contributed by atoms with Crippen LogP contribution in [-0.2, 0) is 19.1 Å². The Balaban J connectivity index is 1.74. The van der Waals surface area contributed by atoms with Crippen LogP contribution in [0.5, 0.6) is 11.5 Å². The molecule has 3 rings (SSSR count). The molecule has 9 nitrogen and oxygen atoms in total. The summed E-state index contributed by atoms with van der Waals surface area (Å²) in [6, 6.07) is 10.4. The van der Waals surface area contributed by atoms with Crippen molar-refractivity contribution in [1.82, 2.24) is 4.90 Å². The summed E-state index contributed by atoms with van der Waals surface area (Å²) in [5.74, 6) is -1.23. The van der Waals surface area contributed by atoms with Gasteiger partial charge in [0.2, 0.25) is 0 Å². The third-order valence-corrected chi connectivity index (χ3v) is 6.03. The van der Waals surface area contributed by atoms with Crippen molar-refractivity contribution in [3.05, 3.63) is 57.5 Å². The van der Waals surface area contributed by atoms with Crippen molar-refractivity contribution in [2.24, 2.45) is 0 Å². The number of carbonyl (C=O) groups is 4. The molecule has 0 bridgehead atoms. The lowest BCUT2D eigenvalue weighted by molar-refractivity contribution is -0.149. The minimum absolute atomic E-state index is 0.118. The van der Waals surface area contributed by atoms with E-state index in [1.807, 2.05) is 19.1 Å². The fourth-order valence-corrected chi connectivity index (χ4v) is 4.37. The van der Waals surface area contributed by atoms with Gasteiger partial charge in [-0.1, -0.05) is 29.3 Å². The van der Waals surface area contributed by atoms with Crippen LogP contribution in [0.1, 0.15) is 31.9 Å². The van der Waals surface area contributed by atoms with E-state index in [1.165, 1.54) is 12.1 Å². The molecule has 1 fully saturated rings. The number of esters is 1. The smallest absolute Gasteiger partial charge is 0.326 e. The molecule has 1 saturated heterocycles. The number of thioether (sulfide) groups is 1. The molecule has 196 valence electrons. The zero-order chi connectivity index (χ0) is 27.1. The second-order valence-electron chi connectivity index (χ2n) is 8.27. The lowest BCUT2D eigenvalue weighted by Crippen LogP contribution is -2.35. The average molecular weight is 547 g/mol. The van der Waals surface area contributed by atoms with E-state index in [2.05, 4.69) is 5.32 Å². The number of benzene rings is 2. The summed E-state index contributed by atoms with van der Waals surface area (Å²) in [5.41, 5.74) is 2.18. The van der Waals surface area contributed by atoms with Gasteiger partial charge >= 0.3 is 5.97 Å². The van der Waals surface area contributed by atoms with Crippen LogP contribution in [0, 0.1) is 6.92 Å². The molecule has 2 aromatic carbocycles. The number of carbonyl (C=O) groups excluding carboxylic acids is 4. The first-order valence-electron chi connectivity index (χ1n) is 11.5. The van der Waals surface area contributed by atoms with Crippen LogP contribution in [-0.4, -0.2) is 53.8 Å². The number of anilines is 1. The molecule has 0 saturated carbocycles. The molecule has 0 aromatic heterocycles. The number of nitrogens with one attached hydrogen (secondary N) is 1. The Hall–Kier alpha value is -3.50. The van der Waals surface area contributed by atoms with E-state index < -0.39 is 23.7 Å². The number of amides is 3. The topological polar surface area (TPSA) is 111 Å². The standard InChI is InChI=1S/C26H27ClN2O7S/c1-5-34-20-11-17(12-21-25(32)29(26(33)37-21)13-23(31)36-15(2)3)10-19(27)24(20)35-14-22(30)28-18-8-6-16(4)7-9-18/h6-12,15H,5,13-14H2,1-4H3,(H,28,30)/b21-12+. The molecule has 1 aliphatic rings. The SMILES string of the molecule is CCOc1cc(/C=C2/SC(=O)N(CC(=O)OC(C)C)C2=O)cc(Cl)c1OCC(=O)Nc1ccc(C)cc1. The Morgan fingerprint density at radius 2 is 1.84 bits per heavy atom. The molecule has 11 heteroatoms. The van der Waals surface area contributed by atoms with Crippen LogP contribution < -0.4 is 14.8 Å². The van der Waals surface area contributed by atoms with Gasteiger partial charge in [-0.25, -0.2) is 0 Å². The van der Waals surface area contributed by atoms with Crippen LogP contribution in [0.3, 0.4) is 0 Å². The molecule has 0 spiro atoms. The highest BCUT2D eigenvalue weighted by Gasteiger charge is 2.37. The predicted molar refractivity (Wildman–Crippen MR) is 142 cm³/mol. The molecule has 0 atom stereocenters. The van der Waals surface area contributed by atoms with Crippen LogP contribution in [0.4, 0.5) is 10.5 Å². The number of halogens is 1.